The van der Waals surface area contributed by atoms with Crippen LogP contribution in [0, 0.1) is 52.3 Å². The monoisotopic (exact) mass is 542 g/mol. The molecule has 0 aromatic carbocycles. The number of ketones is 1. The molecular weight excluding hydrogens is 500 g/mol. The maximum Gasteiger partial charge on any atom is 0.139 e. The second-order valence-corrected chi connectivity index (χ2v) is 16.4. The number of alkyl halides is 2. The Balaban J connectivity index is 1.57. The van der Waals surface area contributed by atoms with Crippen LogP contribution in [0.1, 0.15) is 105 Å². The third kappa shape index (κ3) is 3.72. The molecule has 8 atom stereocenters. The van der Waals surface area contributed by atoms with Crippen molar-refractivity contribution < 1.29 is 4.79 Å². The molecule has 4 saturated carbocycles. The van der Waals surface area contributed by atoms with Crippen LogP contribution < -0.4 is 0 Å². The fraction of sp³-hybridized carbons (Fsp3) is 0.963. The topological polar surface area (TPSA) is 17.1 Å². The van der Waals surface area contributed by atoms with E-state index in [-0.39, 0.29) is 8.65 Å². The van der Waals surface area contributed by atoms with E-state index in [1.807, 2.05) is 0 Å². The molecule has 172 valence electrons. The van der Waals surface area contributed by atoms with Crippen molar-refractivity contribution in [3.8, 4) is 0 Å². The molecule has 4 fully saturated rings. The predicted molar refractivity (Wildman–Crippen MR) is 134 cm³/mol. The van der Waals surface area contributed by atoms with Gasteiger partial charge in [0.25, 0.3) is 0 Å². The zero-order chi connectivity index (χ0) is 21.9. The third-order valence-electron chi connectivity index (χ3n) is 10.6. The van der Waals surface area contributed by atoms with E-state index in [1.165, 1.54) is 57.8 Å². The van der Waals surface area contributed by atoms with Crippen molar-refractivity contribution in [1.29, 1.82) is 0 Å². The van der Waals surface area contributed by atoms with Gasteiger partial charge in [0.2, 0.25) is 0 Å². The van der Waals surface area contributed by atoms with Gasteiger partial charge in [0.05, 0.1) is 3.23 Å². The molecule has 0 amide bonds. The highest BCUT2D eigenvalue weighted by atomic mass is 79.9. The highest BCUT2D eigenvalue weighted by Crippen LogP contribution is 2.71. The molecule has 0 bridgehead atoms. The van der Waals surface area contributed by atoms with Gasteiger partial charge in [0.15, 0.2) is 0 Å². The van der Waals surface area contributed by atoms with Crippen LogP contribution >= 0.6 is 31.9 Å². The number of carbonyl (C=O) groups is 1. The summed E-state index contributed by atoms with van der Waals surface area (Å²) >= 11 is 8.26. The molecule has 0 N–H and O–H groups in total. The minimum atomic E-state index is -0.129. The van der Waals surface area contributed by atoms with Crippen LogP contribution in [0.3, 0.4) is 0 Å². The zero-order valence-electron chi connectivity index (χ0n) is 20.0. The van der Waals surface area contributed by atoms with Crippen molar-refractivity contribution in [2.24, 2.45) is 52.3 Å². The fourth-order valence-corrected chi connectivity index (χ4v) is 11.3. The zero-order valence-corrected chi connectivity index (χ0v) is 23.2. The molecule has 4 aliphatic carbocycles. The van der Waals surface area contributed by atoms with Gasteiger partial charge in [0.1, 0.15) is 5.78 Å². The first-order valence-electron chi connectivity index (χ1n) is 12.9. The van der Waals surface area contributed by atoms with Crippen LogP contribution in [0.25, 0.3) is 0 Å². The molecule has 0 radical (unpaired) electrons. The van der Waals surface area contributed by atoms with Gasteiger partial charge in [-0.25, -0.2) is 0 Å². The average molecular weight is 544 g/mol. The number of fused-ring (bicyclic) bond motifs is 5. The normalized spacial score (nSPS) is 46.3. The summed E-state index contributed by atoms with van der Waals surface area (Å²) in [5.74, 6) is 5.66. The molecule has 0 heterocycles. The van der Waals surface area contributed by atoms with E-state index >= 15 is 0 Å². The van der Waals surface area contributed by atoms with Gasteiger partial charge >= 0.3 is 0 Å². The van der Waals surface area contributed by atoms with Crippen molar-refractivity contribution in [3.63, 3.8) is 0 Å². The van der Waals surface area contributed by atoms with E-state index in [9.17, 15) is 4.79 Å². The summed E-state index contributed by atoms with van der Waals surface area (Å²) in [5, 5.41) is 0. The van der Waals surface area contributed by atoms with Crippen LogP contribution in [0.5, 0.6) is 0 Å². The maximum absolute atomic E-state index is 13.4. The molecule has 4 aliphatic rings. The highest BCUT2D eigenvalue weighted by molar-refractivity contribution is 9.25. The number of hydrogen-bond acceptors (Lipinski definition) is 1. The third-order valence-corrected chi connectivity index (χ3v) is 12.4. The number of Topliss-reactive ketones (excluding diaryl/α,β-unsaturated/α-hetero) is 1. The summed E-state index contributed by atoms with van der Waals surface area (Å²) in [6.07, 6.45) is 13.9. The molecule has 0 aromatic heterocycles. The van der Waals surface area contributed by atoms with E-state index < -0.39 is 0 Å². The van der Waals surface area contributed by atoms with Gasteiger partial charge in [-0.15, -0.1) is 0 Å². The largest absolute Gasteiger partial charge is 0.299 e. The van der Waals surface area contributed by atoms with Gasteiger partial charge in [-0.2, -0.15) is 0 Å². The van der Waals surface area contributed by atoms with Crippen molar-refractivity contribution >= 4 is 37.6 Å². The van der Waals surface area contributed by atoms with Crippen LogP contribution in [-0.4, -0.2) is 9.02 Å². The van der Waals surface area contributed by atoms with E-state index in [4.69, 9.17) is 0 Å². The SMILES string of the molecule is CC(C)CCC[C@H](C)[C@@H]1CC[C@H]2[C@H]3CC(Br)(Br)[C@@H]4CCCC(=O)[C@@]4(C)[C@H]3CC[C@@]21C. The fourth-order valence-electron chi connectivity index (χ4n) is 9.14. The van der Waals surface area contributed by atoms with Crippen molar-refractivity contribution in [3.05, 3.63) is 0 Å². The second-order valence-electron chi connectivity index (χ2n) is 12.5. The Kier molecular flexibility index (Phi) is 6.69. The van der Waals surface area contributed by atoms with Crippen LogP contribution in [0.15, 0.2) is 0 Å². The predicted octanol–water partition coefficient (Wildman–Crippen LogP) is 8.77. The molecular formula is C27H44Br2O. The van der Waals surface area contributed by atoms with Gasteiger partial charge < -0.3 is 0 Å². The molecule has 1 nitrogen and oxygen atoms in total. The first-order valence-corrected chi connectivity index (χ1v) is 14.5. The summed E-state index contributed by atoms with van der Waals surface area (Å²) in [4.78, 5) is 13.4. The first kappa shape index (κ1) is 23.8. The summed E-state index contributed by atoms with van der Waals surface area (Å²) < 4.78 is -0.0504. The van der Waals surface area contributed by atoms with Crippen LogP contribution in [-0.2, 0) is 4.79 Å². The molecule has 3 heteroatoms. The summed E-state index contributed by atoms with van der Waals surface area (Å²) in [5.41, 5.74) is 0.353. The summed E-state index contributed by atoms with van der Waals surface area (Å²) in [6, 6.07) is 0. The Labute approximate surface area is 202 Å². The van der Waals surface area contributed by atoms with Crippen LogP contribution in [0.2, 0.25) is 0 Å². The lowest BCUT2D eigenvalue weighted by atomic mass is 9.44. The maximum atomic E-state index is 13.4. The average Bonchev–Trinajstić information content (AvgIpc) is 3.00. The number of halogens is 2. The van der Waals surface area contributed by atoms with E-state index in [1.54, 1.807) is 0 Å². The lowest BCUT2D eigenvalue weighted by molar-refractivity contribution is -0.156. The standard InChI is InChI=1S/C27H44Br2O/c1-17(2)8-6-9-18(3)20-12-13-21-19-16-27(28,29)23-10-7-11-24(30)26(23,5)22(19)14-15-25(20,21)4/h17-23H,6-16H2,1-5H3/t18-,19+,20-,21-,22-,23+,25+,26-/m0/s1. The van der Waals surface area contributed by atoms with Crippen molar-refractivity contribution in [2.75, 3.05) is 0 Å². The Hall–Kier alpha value is 0.630. The molecule has 30 heavy (non-hydrogen) atoms. The quantitative estimate of drug-likeness (QED) is 0.316. The van der Waals surface area contributed by atoms with E-state index in [2.05, 4.69) is 66.5 Å². The van der Waals surface area contributed by atoms with Crippen molar-refractivity contribution in [1.82, 2.24) is 0 Å². The number of hydrogen-bond donors (Lipinski definition) is 0. The molecule has 0 unspecified atom stereocenters. The minimum absolute atomic E-state index is 0.0504. The number of carbonyl (C=O) groups excluding carboxylic acids is 1. The molecule has 0 spiro atoms. The Morgan fingerprint density at radius 3 is 2.43 bits per heavy atom. The first-order chi connectivity index (χ1) is 14.0. The van der Waals surface area contributed by atoms with Crippen molar-refractivity contribution in [2.45, 2.75) is 108 Å². The molecule has 0 aliphatic heterocycles. The minimum Gasteiger partial charge on any atom is -0.299 e. The summed E-state index contributed by atoms with van der Waals surface area (Å²) in [6.45, 7) is 12.3. The molecule has 0 aromatic rings. The summed E-state index contributed by atoms with van der Waals surface area (Å²) in [7, 11) is 0. The molecule has 4 rings (SSSR count). The van der Waals surface area contributed by atoms with Gasteiger partial charge in [0, 0.05) is 11.8 Å². The lowest BCUT2D eigenvalue weighted by Gasteiger charge is -2.63. The highest BCUT2D eigenvalue weighted by Gasteiger charge is 2.66. The Morgan fingerprint density at radius 2 is 1.73 bits per heavy atom. The van der Waals surface area contributed by atoms with Gasteiger partial charge in [-0.05, 0) is 91.8 Å². The van der Waals surface area contributed by atoms with Gasteiger partial charge in [-0.1, -0.05) is 85.7 Å². The Bertz CT molecular complexity index is 657. The van der Waals surface area contributed by atoms with Gasteiger partial charge in [-0.3, -0.25) is 4.79 Å². The lowest BCUT2D eigenvalue weighted by Crippen LogP contribution is -2.61. The van der Waals surface area contributed by atoms with E-state index in [0.717, 1.165) is 36.5 Å². The Morgan fingerprint density at radius 1 is 1.00 bits per heavy atom. The smallest absolute Gasteiger partial charge is 0.139 e. The second kappa shape index (κ2) is 8.44. The van der Waals surface area contributed by atoms with Crippen LogP contribution in [0.4, 0.5) is 0 Å². The molecule has 0 saturated heterocycles. The van der Waals surface area contributed by atoms with E-state index in [0.29, 0.717) is 29.0 Å². The number of rotatable bonds is 5.